The summed E-state index contributed by atoms with van der Waals surface area (Å²) in [4.78, 5) is 6.40. The average molecular weight is 272 g/mol. The highest BCUT2D eigenvalue weighted by Crippen LogP contribution is 2.28. The Morgan fingerprint density at radius 1 is 1.56 bits per heavy atom. The van der Waals surface area contributed by atoms with Gasteiger partial charge in [0.25, 0.3) is 0 Å². The van der Waals surface area contributed by atoms with Crippen molar-refractivity contribution in [1.29, 1.82) is 0 Å². The number of methoxy groups -OCH3 is 1. The molecule has 0 bridgehead atoms. The SMILES string of the molecule is COCCO[C@@H]1CCN(c2ncc(N)cc2Cl)C1. The third-order valence-electron chi connectivity index (χ3n) is 2.93. The number of nitrogen functional groups attached to an aromatic ring is 1. The van der Waals surface area contributed by atoms with Crippen LogP contribution in [0.3, 0.4) is 0 Å². The van der Waals surface area contributed by atoms with Crippen molar-refractivity contribution in [2.24, 2.45) is 0 Å². The molecule has 100 valence electrons. The van der Waals surface area contributed by atoms with Gasteiger partial charge in [-0.2, -0.15) is 0 Å². The zero-order chi connectivity index (χ0) is 13.0. The zero-order valence-corrected chi connectivity index (χ0v) is 11.2. The van der Waals surface area contributed by atoms with Crippen LogP contribution in [0.15, 0.2) is 12.3 Å². The molecular formula is C12H18ClN3O2. The van der Waals surface area contributed by atoms with E-state index in [-0.39, 0.29) is 6.10 Å². The van der Waals surface area contributed by atoms with E-state index < -0.39 is 0 Å². The van der Waals surface area contributed by atoms with Gasteiger partial charge in [0.15, 0.2) is 0 Å². The number of aromatic nitrogens is 1. The summed E-state index contributed by atoms with van der Waals surface area (Å²) in [5, 5.41) is 0.590. The molecule has 1 aromatic heterocycles. The maximum absolute atomic E-state index is 6.14. The number of nitrogens with zero attached hydrogens (tertiary/aromatic N) is 2. The molecule has 0 aliphatic carbocycles. The van der Waals surface area contributed by atoms with E-state index in [1.54, 1.807) is 19.4 Å². The number of rotatable bonds is 5. The van der Waals surface area contributed by atoms with Crippen molar-refractivity contribution in [2.45, 2.75) is 12.5 Å². The molecule has 1 fully saturated rings. The molecule has 18 heavy (non-hydrogen) atoms. The van der Waals surface area contributed by atoms with Gasteiger partial charge in [0.1, 0.15) is 5.82 Å². The van der Waals surface area contributed by atoms with Crippen molar-refractivity contribution in [3.8, 4) is 0 Å². The van der Waals surface area contributed by atoms with E-state index in [2.05, 4.69) is 9.88 Å². The molecule has 5 nitrogen and oxygen atoms in total. The van der Waals surface area contributed by atoms with Crippen LogP contribution in [-0.4, -0.2) is 44.5 Å². The molecule has 0 saturated carbocycles. The molecule has 6 heteroatoms. The highest BCUT2D eigenvalue weighted by atomic mass is 35.5. The topological polar surface area (TPSA) is 60.6 Å². The lowest BCUT2D eigenvalue weighted by atomic mass is 10.3. The van der Waals surface area contributed by atoms with Gasteiger partial charge in [0.05, 0.1) is 36.2 Å². The minimum atomic E-state index is 0.218. The van der Waals surface area contributed by atoms with Crippen LogP contribution in [-0.2, 0) is 9.47 Å². The molecular weight excluding hydrogens is 254 g/mol. The second-order valence-electron chi connectivity index (χ2n) is 4.29. The minimum absolute atomic E-state index is 0.218. The Bertz CT molecular complexity index is 403. The monoisotopic (exact) mass is 271 g/mol. The Hall–Kier alpha value is -1.04. The zero-order valence-electron chi connectivity index (χ0n) is 10.4. The number of ether oxygens (including phenoxy) is 2. The van der Waals surface area contributed by atoms with Gasteiger partial charge in [-0.15, -0.1) is 0 Å². The summed E-state index contributed by atoms with van der Waals surface area (Å²) in [6, 6.07) is 1.73. The molecule has 0 aromatic carbocycles. The smallest absolute Gasteiger partial charge is 0.147 e. The molecule has 1 aliphatic rings. The standard InChI is InChI=1S/C12H18ClN3O2/c1-17-4-5-18-10-2-3-16(8-10)12-11(13)6-9(14)7-15-12/h6-7,10H,2-5,8,14H2,1H3/t10-/m1/s1. The lowest BCUT2D eigenvalue weighted by Gasteiger charge is -2.18. The van der Waals surface area contributed by atoms with Gasteiger partial charge in [-0.05, 0) is 12.5 Å². The summed E-state index contributed by atoms with van der Waals surface area (Å²) < 4.78 is 10.7. The number of hydrogen-bond acceptors (Lipinski definition) is 5. The normalized spacial score (nSPS) is 19.4. The van der Waals surface area contributed by atoms with Gasteiger partial charge in [-0.25, -0.2) is 4.98 Å². The van der Waals surface area contributed by atoms with E-state index in [0.717, 1.165) is 25.3 Å². The van der Waals surface area contributed by atoms with Crippen molar-refractivity contribution in [3.05, 3.63) is 17.3 Å². The number of anilines is 2. The fourth-order valence-corrected chi connectivity index (χ4v) is 2.33. The van der Waals surface area contributed by atoms with Gasteiger partial charge in [-0.3, -0.25) is 0 Å². The van der Waals surface area contributed by atoms with Gasteiger partial charge in [0, 0.05) is 20.2 Å². The number of hydrogen-bond donors (Lipinski definition) is 1. The van der Waals surface area contributed by atoms with Gasteiger partial charge in [-0.1, -0.05) is 11.6 Å². The summed E-state index contributed by atoms with van der Waals surface area (Å²) in [5.41, 5.74) is 6.21. The highest BCUT2D eigenvalue weighted by Gasteiger charge is 2.25. The Kier molecular flexibility index (Phi) is 4.63. The van der Waals surface area contributed by atoms with Crippen molar-refractivity contribution >= 4 is 23.1 Å². The van der Waals surface area contributed by atoms with Crippen LogP contribution in [0, 0.1) is 0 Å². The van der Waals surface area contributed by atoms with Crippen molar-refractivity contribution in [1.82, 2.24) is 4.98 Å². The molecule has 2 N–H and O–H groups in total. The van der Waals surface area contributed by atoms with Crippen LogP contribution in [0.25, 0.3) is 0 Å². The molecule has 0 unspecified atom stereocenters. The van der Waals surface area contributed by atoms with Crippen LogP contribution in [0.2, 0.25) is 5.02 Å². The molecule has 1 atom stereocenters. The molecule has 0 spiro atoms. The molecule has 1 aromatic rings. The predicted molar refractivity (Wildman–Crippen MR) is 72.1 cm³/mol. The summed E-state index contributed by atoms with van der Waals surface area (Å²) in [5.74, 6) is 0.781. The molecule has 1 aliphatic heterocycles. The first-order chi connectivity index (χ1) is 8.70. The molecule has 0 radical (unpaired) electrons. The predicted octanol–water partition coefficient (Wildman–Crippen LogP) is 1.56. The van der Waals surface area contributed by atoms with Gasteiger partial charge < -0.3 is 20.1 Å². The van der Waals surface area contributed by atoms with E-state index in [1.807, 2.05) is 0 Å². The maximum Gasteiger partial charge on any atom is 0.147 e. The molecule has 2 heterocycles. The Morgan fingerprint density at radius 2 is 2.39 bits per heavy atom. The molecule has 0 amide bonds. The summed E-state index contributed by atoms with van der Waals surface area (Å²) in [6.45, 7) is 2.95. The van der Waals surface area contributed by atoms with Gasteiger partial charge >= 0.3 is 0 Å². The highest BCUT2D eigenvalue weighted by molar-refractivity contribution is 6.33. The fraction of sp³-hybridized carbons (Fsp3) is 0.583. The Morgan fingerprint density at radius 3 is 3.11 bits per heavy atom. The summed E-state index contributed by atoms with van der Waals surface area (Å²) in [7, 11) is 1.67. The Labute approximate surface area is 112 Å². The van der Waals surface area contributed by atoms with Crippen LogP contribution in [0.4, 0.5) is 11.5 Å². The van der Waals surface area contributed by atoms with E-state index in [1.165, 1.54) is 0 Å². The second-order valence-corrected chi connectivity index (χ2v) is 4.70. The first-order valence-corrected chi connectivity index (χ1v) is 6.35. The van der Waals surface area contributed by atoms with E-state index in [0.29, 0.717) is 23.9 Å². The van der Waals surface area contributed by atoms with Crippen molar-refractivity contribution in [2.75, 3.05) is 44.0 Å². The average Bonchev–Trinajstić information content (AvgIpc) is 2.78. The number of halogens is 1. The lowest BCUT2D eigenvalue weighted by molar-refractivity contribution is 0.0280. The van der Waals surface area contributed by atoms with Crippen LogP contribution in [0.5, 0.6) is 0 Å². The van der Waals surface area contributed by atoms with E-state index in [9.17, 15) is 0 Å². The first-order valence-electron chi connectivity index (χ1n) is 5.97. The summed E-state index contributed by atoms with van der Waals surface area (Å²) in [6.07, 6.45) is 2.82. The quantitative estimate of drug-likeness (QED) is 0.824. The van der Waals surface area contributed by atoms with Crippen LogP contribution < -0.4 is 10.6 Å². The lowest BCUT2D eigenvalue weighted by Crippen LogP contribution is -2.24. The summed E-state index contributed by atoms with van der Waals surface area (Å²) >= 11 is 6.14. The maximum atomic E-state index is 6.14. The largest absolute Gasteiger partial charge is 0.397 e. The third-order valence-corrected chi connectivity index (χ3v) is 3.21. The van der Waals surface area contributed by atoms with Gasteiger partial charge in [0.2, 0.25) is 0 Å². The third kappa shape index (κ3) is 3.25. The molecule has 2 rings (SSSR count). The number of pyridine rings is 1. The first kappa shape index (κ1) is 13.4. The van der Waals surface area contributed by atoms with Crippen LogP contribution in [0.1, 0.15) is 6.42 Å². The Balaban J connectivity index is 1.91. The van der Waals surface area contributed by atoms with E-state index >= 15 is 0 Å². The number of nitrogens with two attached hydrogens (primary N) is 1. The van der Waals surface area contributed by atoms with Crippen molar-refractivity contribution < 1.29 is 9.47 Å². The second kappa shape index (κ2) is 6.22. The fourth-order valence-electron chi connectivity index (χ4n) is 2.03. The molecule has 1 saturated heterocycles. The van der Waals surface area contributed by atoms with E-state index in [4.69, 9.17) is 26.8 Å². The van der Waals surface area contributed by atoms with Crippen LogP contribution >= 0.6 is 11.6 Å². The minimum Gasteiger partial charge on any atom is -0.397 e. The van der Waals surface area contributed by atoms with Crippen molar-refractivity contribution in [3.63, 3.8) is 0 Å².